The van der Waals surface area contributed by atoms with Crippen LogP contribution in [0.4, 0.5) is 11.4 Å². The lowest BCUT2D eigenvalue weighted by Crippen LogP contribution is -2.36. The van der Waals surface area contributed by atoms with E-state index in [2.05, 4.69) is 26.1 Å². The number of amides is 1. The molecule has 104 valence electrons. The van der Waals surface area contributed by atoms with E-state index in [0.717, 1.165) is 10.2 Å². The molecule has 1 aliphatic rings. The summed E-state index contributed by atoms with van der Waals surface area (Å²) in [6.45, 7) is 0.432. The number of nitrogens with one attached hydrogen (secondary N) is 1. The van der Waals surface area contributed by atoms with Crippen LogP contribution in [0.25, 0.3) is 0 Å². The molecular weight excluding hydrogens is 306 g/mol. The van der Waals surface area contributed by atoms with Crippen molar-refractivity contribution >= 4 is 33.2 Å². The smallest absolute Gasteiger partial charge is 0.238 e. The lowest BCUT2D eigenvalue weighted by atomic mass is 10.2. The molecule has 0 saturated heterocycles. The molecule has 0 atom stereocenters. The van der Waals surface area contributed by atoms with E-state index >= 15 is 0 Å². The van der Waals surface area contributed by atoms with E-state index < -0.39 is 0 Å². The molecular formula is C14H20BrN3O. The highest BCUT2D eigenvalue weighted by Crippen LogP contribution is 2.25. The van der Waals surface area contributed by atoms with Crippen LogP contribution in [-0.4, -0.2) is 30.4 Å². The number of carbonyl (C=O) groups excluding carboxylic acids is 1. The zero-order valence-electron chi connectivity index (χ0n) is 11.2. The predicted octanol–water partition coefficient (Wildman–Crippen LogP) is 2.84. The summed E-state index contributed by atoms with van der Waals surface area (Å²) < 4.78 is 0.810. The van der Waals surface area contributed by atoms with Crippen LogP contribution in [0.3, 0.4) is 0 Å². The van der Waals surface area contributed by atoms with E-state index in [0.29, 0.717) is 18.3 Å². The zero-order chi connectivity index (χ0) is 13.8. The van der Waals surface area contributed by atoms with Crippen molar-refractivity contribution in [1.29, 1.82) is 0 Å². The molecule has 1 amide bonds. The van der Waals surface area contributed by atoms with Crippen molar-refractivity contribution in [3.05, 3.63) is 22.7 Å². The fourth-order valence-corrected chi connectivity index (χ4v) is 3.02. The Bertz CT molecular complexity index is 458. The minimum atomic E-state index is 0.0138. The Morgan fingerprint density at radius 1 is 1.47 bits per heavy atom. The van der Waals surface area contributed by atoms with E-state index in [9.17, 15) is 4.79 Å². The van der Waals surface area contributed by atoms with Crippen LogP contribution in [0.1, 0.15) is 25.7 Å². The zero-order valence-corrected chi connectivity index (χ0v) is 12.7. The van der Waals surface area contributed by atoms with Gasteiger partial charge in [-0.1, -0.05) is 12.8 Å². The Morgan fingerprint density at radius 3 is 2.79 bits per heavy atom. The van der Waals surface area contributed by atoms with Crippen LogP contribution < -0.4 is 11.1 Å². The van der Waals surface area contributed by atoms with Gasteiger partial charge in [-0.3, -0.25) is 9.69 Å². The van der Waals surface area contributed by atoms with Crippen molar-refractivity contribution < 1.29 is 4.79 Å². The molecule has 1 saturated carbocycles. The number of nitrogens with two attached hydrogens (primary N) is 1. The van der Waals surface area contributed by atoms with Crippen molar-refractivity contribution in [3.63, 3.8) is 0 Å². The molecule has 0 aliphatic heterocycles. The molecule has 3 N–H and O–H groups in total. The Hall–Kier alpha value is -1.07. The van der Waals surface area contributed by atoms with E-state index in [1.807, 2.05) is 13.1 Å². The summed E-state index contributed by atoms with van der Waals surface area (Å²) in [6, 6.07) is 5.94. The van der Waals surface area contributed by atoms with Crippen LogP contribution in [0.15, 0.2) is 22.7 Å². The maximum absolute atomic E-state index is 12.0. The minimum Gasteiger partial charge on any atom is -0.399 e. The Morgan fingerprint density at radius 2 is 2.16 bits per heavy atom. The Balaban J connectivity index is 1.89. The van der Waals surface area contributed by atoms with Crippen LogP contribution in [0.2, 0.25) is 0 Å². The second-order valence-corrected chi connectivity index (χ2v) is 6.00. The average molecular weight is 326 g/mol. The van der Waals surface area contributed by atoms with Crippen molar-refractivity contribution in [1.82, 2.24) is 4.90 Å². The first-order chi connectivity index (χ1) is 9.06. The molecule has 0 aromatic heterocycles. The summed E-state index contributed by atoms with van der Waals surface area (Å²) in [5, 5.41) is 2.91. The summed E-state index contributed by atoms with van der Waals surface area (Å²) in [6.07, 6.45) is 4.96. The number of benzene rings is 1. The van der Waals surface area contributed by atoms with Gasteiger partial charge in [-0.05, 0) is 54.0 Å². The van der Waals surface area contributed by atoms with Gasteiger partial charge in [-0.25, -0.2) is 0 Å². The van der Waals surface area contributed by atoms with Crippen molar-refractivity contribution in [3.8, 4) is 0 Å². The van der Waals surface area contributed by atoms with Gasteiger partial charge >= 0.3 is 0 Å². The SMILES string of the molecule is CN(CC(=O)Nc1ccc(N)cc1Br)C1CCCC1. The molecule has 5 heteroatoms. The minimum absolute atomic E-state index is 0.0138. The lowest BCUT2D eigenvalue weighted by molar-refractivity contribution is -0.117. The monoisotopic (exact) mass is 325 g/mol. The van der Waals surface area contributed by atoms with Crippen molar-refractivity contribution in [2.45, 2.75) is 31.7 Å². The second-order valence-electron chi connectivity index (χ2n) is 5.14. The van der Waals surface area contributed by atoms with Crippen LogP contribution in [-0.2, 0) is 4.79 Å². The van der Waals surface area contributed by atoms with Gasteiger partial charge in [0.25, 0.3) is 0 Å². The summed E-state index contributed by atoms with van der Waals surface area (Å²) in [4.78, 5) is 14.2. The quantitative estimate of drug-likeness (QED) is 0.837. The third-order valence-corrected chi connectivity index (χ3v) is 4.26. The summed E-state index contributed by atoms with van der Waals surface area (Å²) in [7, 11) is 2.02. The fraction of sp³-hybridized carbons (Fsp3) is 0.500. The van der Waals surface area contributed by atoms with Gasteiger partial charge in [0, 0.05) is 16.2 Å². The molecule has 0 heterocycles. The first-order valence-electron chi connectivity index (χ1n) is 6.61. The number of anilines is 2. The first kappa shape index (κ1) is 14.3. The van der Waals surface area contributed by atoms with Crippen molar-refractivity contribution in [2.75, 3.05) is 24.6 Å². The van der Waals surface area contributed by atoms with Crippen LogP contribution >= 0.6 is 15.9 Å². The Labute approximate surface area is 122 Å². The van der Waals surface area contributed by atoms with E-state index in [-0.39, 0.29) is 5.91 Å². The van der Waals surface area contributed by atoms with E-state index in [1.165, 1.54) is 25.7 Å². The van der Waals surface area contributed by atoms with Gasteiger partial charge in [0.05, 0.1) is 12.2 Å². The highest BCUT2D eigenvalue weighted by Gasteiger charge is 2.21. The maximum Gasteiger partial charge on any atom is 0.238 e. The fourth-order valence-electron chi connectivity index (χ4n) is 2.52. The molecule has 0 bridgehead atoms. The molecule has 0 unspecified atom stereocenters. The number of nitrogens with zero attached hydrogens (tertiary/aromatic N) is 1. The number of hydrogen-bond acceptors (Lipinski definition) is 3. The Kier molecular flexibility index (Phi) is 4.82. The molecule has 1 aliphatic carbocycles. The van der Waals surface area contributed by atoms with Gasteiger partial charge in [0.1, 0.15) is 0 Å². The second kappa shape index (κ2) is 6.39. The molecule has 0 radical (unpaired) electrons. The average Bonchev–Trinajstić information content (AvgIpc) is 2.86. The number of likely N-dealkylation sites (N-methyl/N-ethyl adjacent to an activating group) is 1. The first-order valence-corrected chi connectivity index (χ1v) is 7.40. The standard InChI is InChI=1S/C14H20BrN3O/c1-18(11-4-2-3-5-11)9-14(19)17-13-7-6-10(16)8-12(13)15/h6-8,11H,2-5,9,16H2,1H3,(H,17,19). The van der Waals surface area contributed by atoms with Gasteiger partial charge in [0.15, 0.2) is 0 Å². The third-order valence-electron chi connectivity index (χ3n) is 3.61. The van der Waals surface area contributed by atoms with Gasteiger partial charge in [-0.2, -0.15) is 0 Å². The van der Waals surface area contributed by atoms with E-state index in [4.69, 9.17) is 5.73 Å². The predicted molar refractivity (Wildman–Crippen MR) is 82.1 cm³/mol. The number of carbonyl (C=O) groups is 1. The number of rotatable bonds is 4. The largest absolute Gasteiger partial charge is 0.399 e. The van der Waals surface area contributed by atoms with E-state index in [1.54, 1.807) is 12.1 Å². The van der Waals surface area contributed by atoms with Gasteiger partial charge < -0.3 is 11.1 Å². The molecule has 1 aromatic carbocycles. The molecule has 4 nitrogen and oxygen atoms in total. The maximum atomic E-state index is 12.0. The number of halogens is 1. The third kappa shape index (κ3) is 3.94. The topological polar surface area (TPSA) is 58.4 Å². The molecule has 0 spiro atoms. The van der Waals surface area contributed by atoms with Crippen LogP contribution in [0.5, 0.6) is 0 Å². The molecule has 1 aromatic rings. The molecule has 2 rings (SSSR count). The molecule has 19 heavy (non-hydrogen) atoms. The normalized spacial score (nSPS) is 15.9. The summed E-state index contributed by atoms with van der Waals surface area (Å²) >= 11 is 3.40. The summed E-state index contributed by atoms with van der Waals surface area (Å²) in [5.41, 5.74) is 7.11. The van der Waals surface area contributed by atoms with Gasteiger partial charge in [-0.15, -0.1) is 0 Å². The highest BCUT2D eigenvalue weighted by molar-refractivity contribution is 9.10. The lowest BCUT2D eigenvalue weighted by Gasteiger charge is -2.23. The number of nitrogen functional groups attached to an aromatic ring is 1. The van der Waals surface area contributed by atoms with Crippen LogP contribution in [0, 0.1) is 0 Å². The van der Waals surface area contributed by atoms with Crippen molar-refractivity contribution in [2.24, 2.45) is 0 Å². The summed E-state index contributed by atoms with van der Waals surface area (Å²) in [5.74, 6) is 0.0138. The van der Waals surface area contributed by atoms with Gasteiger partial charge in [0.2, 0.25) is 5.91 Å². The highest BCUT2D eigenvalue weighted by atomic mass is 79.9. The number of hydrogen-bond donors (Lipinski definition) is 2. The molecule has 1 fully saturated rings.